The van der Waals surface area contributed by atoms with Crippen LogP contribution in [0.3, 0.4) is 0 Å². The zero-order valence-electron chi connectivity index (χ0n) is 14.6. The molecule has 1 atom stereocenters. The second-order valence-electron chi connectivity index (χ2n) is 6.95. The highest BCUT2D eigenvalue weighted by atomic mass is 35.5. The average molecular weight is 360 g/mol. The van der Waals surface area contributed by atoms with Gasteiger partial charge in [0.15, 0.2) is 6.61 Å². The molecule has 0 radical (unpaired) electrons. The summed E-state index contributed by atoms with van der Waals surface area (Å²) in [6, 6.07) is 13.0. The number of ether oxygens (including phenoxy) is 2. The first kappa shape index (κ1) is 17.6. The van der Waals surface area contributed by atoms with Crippen molar-refractivity contribution in [2.24, 2.45) is 0 Å². The van der Waals surface area contributed by atoms with Gasteiger partial charge in [-0.1, -0.05) is 41.4 Å². The molecule has 5 heteroatoms. The van der Waals surface area contributed by atoms with E-state index >= 15 is 0 Å². The van der Waals surface area contributed by atoms with Crippen LogP contribution in [0.1, 0.15) is 37.4 Å². The van der Waals surface area contributed by atoms with E-state index in [1.807, 2.05) is 45.0 Å². The number of fused-ring (bicyclic) bond motifs is 1. The van der Waals surface area contributed by atoms with Gasteiger partial charge in [-0.05, 0) is 39.0 Å². The van der Waals surface area contributed by atoms with Gasteiger partial charge in [0.1, 0.15) is 17.1 Å². The number of para-hydroxylation sites is 1. The van der Waals surface area contributed by atoms with Gasteiger partial charge < -0.3 is 14.8 Å². The minimum Gasteiger partial charge on any atom is -0.487 e. The fourth-order valence-corrected chi connectivity index (χ4v) is 3.23. The van der Waals surface area contributed by atoms with Crippen molar-refractivity contribution in [3.63, 3.8) is 0 Å². The third kappa shape index (κ3) is 4.26. The lowest BCUT2D eigenvalue weighted by Gasteiger charge is -2.38. The zero-order valence-corrected chi connectivity index (χ0v) is 15.4. The van der Waals surface area contributed by atoms with Crippen LogP contribution in [-0.2, 0) is 4.79 Å². The summed E-state index contributed by atoms with van der Waals surface area (Å²) in [7, 11) is 0. The van der Waals surface area contributed by atoms with Crippen molar-refractivity contribution in [3.05, 3.63) is 58.6 Å². The van der Waals surface area contributed by atoms with E-state index in [1.54, 1.807) is 12.1 Å². The Labute approximate surface area is 153 Å². The van der Waals surface area contributed by atoms with Gasteiger partial charge in [0.05, 0.1) is 11.1 Å². The quantitative estimate of drug-likeness (QED) is 0.877. The zero-order chi connectivity index (χ0) is 18.0. The van der Waals surface area contributed by atoms with Crippen LogP contribution in [0.25, 0.3) is 0 Å². The van der Waals surface area contributed by atoms with Gasteiger partial charge >= 0.3 is 0 Å². The SMILES string of the molecule is Cc1ccc2c(c1)[C@H](NC(=O)COc1ccccc1Cl)CC(C)(C)O2. The van der Waals surface area contributed by atoms with E-state index in [-0.39, 0.29) is 24.2 Å². The maximum absolute atomic E-state index is 12.4. The van der Waals surface area contributed by atoms with E-state index in [4.69, 9.17) is 21.1 Å². The molecule has 132 valence electrons. The molecule has 1 N–H and O–H groups in total. The van der Waals surface area contributed by atoms with Crippen LogP contribution in [0, 0.1) is 6.92 Å². The van der Waals surface area contributed by atoms with Gasteiger partial charge in [0.2, 0.25) is 0 Å². The minimum absolute atomic E-state index is 0.0807. The summed E-state index contributed by atoms with van der Waals surface area (Å²) in [5, 5.41) is 3.55. The molecule has 0 saturated heterocycles. The Kier molecular flexibility index (Phi) is 4.91. The second kappa shape index (κ2) is 6.96. The van der Waals surface area contributed by atoms with Gasteiger partial charge in [0, 0.05) is 12.0 Å². The lowest BCUT2D eigenvalue weighted by atomic mass is 9.89. The van der Waals surface area contributed by atoms with Crippen LogP contribution < -0.4 is 14.8 Å². The first-order valence-electron chi connectivity index (χ1n) is 8.30. The molecule has 0 bridgehead atoms. The smallest absolute Gasteiger partial charge is 0.258 e. The summed E-state index contributed by atoms with van der Waals surface area (Å²) >= 11 is 6.05. The van der Waals surface area contributed by atoms with Crippen LogP contribution in [0.2, 0.25) is 5.02 Å². The molecule has 0 unspecified atom stereocenters. The molecule has 4 nitrogen and oxygen atoms in total. The predicted octanol–water partition coefficient (Wildman–Crippen LogP) is 4.45. The molecule has 0 aromatic heterocycles. The number of hydrogen-bond acceptors (Lipinski definition) is 3. The molecule has 25 heavy (non-hydrogen) atoms. The summed E-state index contributed by atoms with van der Waals surface area (Å²) in [6.07, 6.45) is 0.696. The summed E-state index contributed by atoms with van der Waals surface area (Å²) in [5.74, 6) is 1.14. The molecule has 2 aromatic rings. The Morgan fingerprint density at radius 3 is 2.84 bits per heavy atom. The molecule has 1 heterocycles. The highest BCUT2D eigenvalue weighted by Crippen LogP contribution is 2.39. The van der Waals surface area contributed by atoms with E-state index in [1.165, 1.54) is 0 Å². The number of hydrogen-bond donors (Lipinski definition) is 1. The molecule has 2 aromatic carbocycles. The van der Waals surface area contributed by atoms with E-state index in [9.17, 15) is 4.79 Å². The highest BCUT2D eigenvalue weighted by molar-refractivity contribution is 6.32. The topological polar surface area (TPSA) is 47.6 Å². The fraction of sp³-hybridized carbons (Fsp3) is 0.350. The fourth-order valence-electron chi connectivity index (χ4n) is 3.04. The van der Waals surface area contributed by atoms with Crippen LogP contribution in [0.5, 0.6) is 11.5 Å². The van der Waals surface area contributed by atoms with Crippen LogP contribution in [-0.4, -0.2) is 18.1 Å². The summed E-state index contributed by atoms with van der Waals surface area (Å²) in [6.45, 7) is 5.99. The molecule has 1 aliphatic heterocycles. The number of carbonyl (C=O) groups is 1. The second-order valence-corrected chi connectivity index (χ2v) is 7.35. The van der Waals surface area contributed by atoms with Crippen molar-refractivity contribution in [2.75, 3.05) is 6.61 Å². The summed E-state index contributed by atoms with van der Waals surface area (Å²) < 4.78 is 11.6. The molecular formula is C20H22ClNO3. The number of nitrogens with one attached hydrogen (secondary N) is 1. The molecule has 0 spiro atoms. The molecule has 1 amide bonds. The van der Waals surface area contributed by atoms with Crippen molar-refractivity contribution in [1.29, 1.82) is 0 Å². The Bertz CT molecular complexity index is 788. The van der Waals surface area contributed by atoms with Crippen molar-refractivity contribution in [3.8, 4) is 11.5 Å². The van der Waals surface area contributed by atoms with E-state index in [2.05, 4.69) is 11.4 Å². The third-order valence-electron chi connectivity index (χ3n) is 4.15. The standard InChI is InChI=1S/C20H22ClNO3/c1-13-8-9-17-14(10-13)16(11-20(2,3)25-17)22-19(23)12-24-18-7-5-4-6-15(18)21/h4-10,16H,11-12H2,1-3H3,(H,22,23)/t16-/m1/s1. The van der Waals surface area contributed by atoms with Gasteiger partial charge in [0.25, 0.3) is 5.91 Å². The molecule has 3 rings (SSSR count). The maximum Gasteiger partial charge on any atom is 0.258 e. The molecule has 0 saturated carbocycles. The Hall–Kier alpha value is -2.20. The van der Waals surface area contributed by atoms with Gasteiger partial charge in [-0.25, -0.2) is 0 Å². The van der Waals surface area contributed by atoms with Crippen LogP contribution in [0.15, 0.2) is 42.5 Å². The summed E-state index contributed by atoms with van der Waals surface area (Å²) in [4.78, 5) is 12.4. The first-order chi connectivity index (χ1) is 11.8. The van der Waals surface area contributed by atoms with Crippen molar-refractivity contribution >= 4 is 17.5 Å². The molecule has 0 aliphatic carbocycles. The number of rotatable bonds is 4. The number of aryl methyl sites for hydroxylation is 1. The highest BCUT2D eigenvalue weighted by Gasteiger charge is 2.34. The third-order valence-corrected chi connectivity index (χ3v) is 4.47. The molecule has 1 aliphatic rings. The lowest BCUT2D eigenvalue weighted by molar-refractivity contribution is -0.124. The monoisotopic (exact) mass is 359 g/mol. The van der Waals surface area contributed by atoms with Gasteiger partial charge in [-0.3, -0.25) is 4.79 Å². The average Bonchev–Trinajstić information content (AvgIpc) is 2.54. The number of halogens is 1. The van der Waals surface area contributed by atoms with Crippen LogP contribution >= 0.6 is 11.6 Å². The van der Waals surface area contributed by atoms with E-state index in [0.29, 0.717) is 17.2 Å². The molecule has 0 fully saturated rings. The van der Waals surface area contributed by atoms with E-state index < -0.39 is 0 Å². The normalized spacial score (nSPS) is 18.0. The first-order valence-corrected chi connectivity index (χ1v) is 8.68. The summed E-state index contributed by atoms with van der Waals surface area (Å²) in [5.41, 5.74) is 1.79. The van der Waals surface area contributed by atoms with Gasteiger partial charge in [-0.15, -0.1) is 0 Å². The predicted molar refractivity (Wildman–Crippen MR) is 98.3 cm³/mol. The van der Waals surface area contributed by atoms with E-state index in [0.717, 1.165) is 16.9 Å². The minimum atomic E-state index is -0.343. The number of carbonyl (C=O) groups excluding carboxylic acids is 1. The number of amides is 1. The maximum atomic E-state index is 12.4. The van der Waals surface area contributed by atoms with Crippen molar-refractivity contribution in [1.82, 2.24) is 5.32 Å². The Morgan fingerprint density at radius 2 is 2.08 bits per heavy atom. The Balaban J connectivity index is 1.70. The Morgan fingerprint density at radius 1 is 1.32 bits per heavy atom. The number of benzene rings is 2. The largest absolute Gasteiger partial charge is 0.487 e. The van der Waals surface area contributed by atoms with Crippen LogP contribution in [0.4, 0.5) is 0 Å². The van der Waals surface area contributed by atoms with Crippen molar-refractivity contribution < 1.29 is 14.3 Å². The van der Waals surface area contributed by atoms with Crippen molar-refractivity contribution in [2.45, 2.75) is 38.8 Å². The molecular weight excluding hydrogens is 338 g/mol. The van der Waals surface area contributed by atoms with Gasteiger partial charge in [-0.2, -0.15) is 0 Å². The lowest BCUT2D eigenvalue weighted by Crippen LogP contribution is -2.42.